The first-order chi connectivity index (χ1) is 15.2. The quantitative estimate of drug-likeness (QED) is 0.357. The van der Waals surface area contributed by atoms with E-state index in [4.69, 9.17) is 0 Å². The summed E-state index contributed by atoms with van der Waals surface area (Å²) in [7, 11) is 0. The number of thiazole rings is 1. The molecule has 0 atom stereocenters. The van der Waals surface area contributed by atoms with Crippen molar-refractivity contribution in [1.29, 1.82) is 0 Å². The van der Waals surface area contributed by atoms with Crippen molar-refractivity contribution in [1.82, 2.24) is 24.1 Å². The maximum atomic E-state index is 14.5. The number of hydrogen-bond donors (Lipinski definition) is 0. The van der Waals surface area contributed by atoms with Crippen molar-refractivity contribution < 1.29 is 4.39 Å². The molecule has 0 N–H and O–H groups in total. The van der Waals surface area contributed by atoms with Gasteiger partial charge in [0.2, 0.25) is 0 Å². The number of benzene rings is 2. The largest absolute Gasteiger partial charge is 0.297 e. The van der Waals surface area contributed by atoms with Crippen molar-refractivity contribution in [3.63, 3.8) is 0 Å². The van der Waals surface area contributed by atoms with Gasteiger partial charge in [0, 0.05) is 23.4 Å². The Labute approximate surface area is 185 Å². The highest BCUT2D eigenvalue weighted by Gasteiger charge is 2.18. The van der Waals surface area contributed by atoms with Crippen LogP contribution in [-0.2, 0) is 12.3 Å². The molecule has 0 saturated carbocycles. The fourth-order valence-electron chi connectivity index (χ4n) is 3.25. The summed E-state index contributed by atoms with van der Waals surface area (Å²) in [6.07, 6.45) is 1.71. The maximum Gasteiger partial charge on any atom is 0.258 e. The Morgan fingerprint density at radius 3 is 2.68 bits per heavy atom. The Kier molecular flexibility index (Phi) is 5.35. The van der Waals surface area contributed by atoms with Crippen molar-refractivity contribution in [2.24, 2.45) is 0 Å². The molecule has 0 amide bonds. The summed E-state index contributed by atoms with van der Waals surface area (Å²) >= 11 is 2.83. The van der Waals surface area contributed by atoms with Crippen molar-refractivity contribution >= 4 is 28.1 Å². The van der Waals surface area contributed by atoms with Gasteiger partial charge in [0.05, 0.1) is 17.8 Å². The van der Waals surface area contributed by atoms with E-state index in [1.165, 1.54) is 39.6 Å². The molecule has 5 rings (SSSR count). The molecule has 5 aromatic rings. The van der Waals surface area contributed by atoms with Crippen molar-refractivity contribution in [2.45, 2.75) is 17.5 Å². The van der Waals surface area contributed by atoms with Crippen LogP contribution in [0.2, 0.25) is 0 Å². The van der Waals surface area contributed by atoms with Crippen LogP contribution in [0.3, 0.4) is 0 Å². The lowest BCUT2D eigenvalue weighted by molar-refractivity contribution is 0.626. The van der Waals surface area contributed by atoms with Gasteiger partial charge in [0.25, 0.3) is 5.56 Å². The van der Waals surface area contributed by atoms with E-state index in [9.17, 15) is 9.18 Å². The van der Waals surface area contributed by atoms with E-state index in [0.717, 1.165) is 5.56 Å². The molecule has 31 heavy (non-hydrogen) atoms. The topological polar surface area (TPSA) is 65.1 Å². The van der Waals surface area contributed by atoms with Gasteiger partial charge in [-0.3, -0.25) is 13.8 Å². The average Bonchev–Trinajstić information content (AvgIpc) is 3.41. The Morgan fingerprint density at radius 2 is 1.84 bits per heavy atom. The third-order valence-corrected chi connectivity index (χ3v) is 6.48. The highest BCUT2D eigenvalue weighted by molar-refractivity contribution is 7.98. The fourth-order valence-corrected chi connectivity index (χ4v) is 4.81. The molecule has 2 aromatic carbocycles. The lowest BCUT2D eigenvalue weighted by Gasteiger charge is -2.11. The molecule has 0 aliphatic heterocycles. The second-order valence-electron chi connectivity index (χ2n) is 6.79. The van der Waals surface area contributed by atoms with Crippen molar-refractivity contribution in [3.05, 3.63) is 99.7 Å². The second kappa shape index (κ2) is 8.44. The summed E-state index contributed by atoms with van der Waals surface area (Å²) in [4.78, 5) is 17.5. The minimum Gasteiger partial charge on any atom is -0.297 e. The Balaban J connectivity index is 1.50. The SMILES string of the molecule is O=c1cc(CSc2nnc(-c3ccccc3F)n2Cc2ccccc2)nc2sccn12. The van der Waals surface area contributed by atoms with Crippen LogP contribution in [0.15, 0.2) is 82.2 Å². The van der Waals surface area contributed by atoms with E-state index in [-0.39, 0.29) is 11.4 Å². The van der Waals surface area contributed by atoms with Gasteiger partial charge < -0.3 is 0 Å². The minimum atomic E-state index is -0.349. The van der Waals surface area contributed by atoms with Crippen LogP contribution < -0.4 is 5.56 Å². The van der Waals surface area contributed by atoms with Gasteiger partial charge in [0.1, 0.15) is 5.82 Å². The number of nitrogens with zero attached hydrogens (tertiary/aromatic N) is 5. The van der Waals surface area contributed by atoms with E-state index < -0.39 is 0 Å². The standard InChI is InChI=1S/C22H16FN5OS2/c23-18-9-5-4-8-17(18)20-25-26-22(28(20)13-15-6-2-1-3-7-15)31-14-16-12-19(29)27-10-11-30-21(27)24-16/h1-12H,13-14H2. The molecule has 154 valence electrons. The third-order valence-electron chi connectivity index (χ3n) is 4.72. The molecule has 0 bridgehead atoms. The van der Waals surface area contributed by atoms with Crippen LogP contribution in [0.25, 0.3) is 16.3 Å². The van der Waals surface area contributed by atoms with Crippen LogP contribution in [-0.4, -0.2) is 24.1 Å². The monoisotopic (exact) mass is 449 g/mol. The lowest BCUT2D eigenvalue weighted by Crippen LogP contribution is -2.12. The molecule has 0 aliphatic carbocycles. The molecule has 0 aliphatic rings. The highest BCUT2D eigenvalue weighted by Crippen LogP contribution is 2.28. The molecule has 6 nitrogen and oxygen atoms in total. The van der Waals surface area contributed by atoms with Crippen molar-refractivity contribution in [3.8, 4) is 11.4 Å². The van der Waals surface area contributed by atoms with Crippen molar-refractivity contribution in [2.75, 3.05) is 0 Å². The number of thioether (sulfide) groups is 1. The highest BCUT2D eigenvalue weighted by atomic mass is 32.2. The van der Waals surface area contributed by atoms with Gasteiger partial charge in [-0.2, -0.15) is 0 Å². The normalized spacial score (nSPS) is 11.3. The van der Waals surface area contributed by atoms with Crippen LogP contribution in [0, 0.1) is 5.82 Å². The first-order valence-electron chi connectivity index (χ1n) is 9.49. The third kappa shape index (κ3) is 4.01. The molecule has 0 saturated heterocycles. The summed E-state index contributed by atoms with van der Waals surface area (Å²) in [6.45, 7) is 0.500. The van der Waals surface area contributed by atoms with Gasteiger partial charge in [-0.05, 0) is 17.7 Å². The Morgan fingerprint density at radius 1 is 1.03 bits per heavy atom. The summed E-state index contributed by atoms with van der Waals surface area (Å²) < 4.78 is 17.9. The van der Waals surface area contributed by atoms with Gasteiger partial charge in [-0.25, -0.2) is 9.37 Å². The summed E-state index contributed by atoms with van der Waals surface area (Å²) in [6, 6.07) is 18.0. The van der Waals surface area contributed by atoms with Gasteiger partial charge in [0.15, 0.2) is 15.9 Å². The predicted octanol–water partition coefficient (Wildman–Crippen LogP) is 4.49. The van der Waals surface area contributed by atoms with E-state index in [1.54, 1.807) is 24.4 Å². The number of aromatic nitrogens is 5. The number of halogens is 1. The summed E-state index contributed by atoms with van der Waals surface area (Å²) in [5.74, 6) is 0.568. The lowest BCUT2D eigenvalue weighted by atomic mass is 10.2. The summed E-state index contributed by atoms with van der Waals surface area (Å²) in [5.41, 5.74) is 2.01. The van der Waals surface area contributed by atoms with Crippen LogP contribution in [0.1, 0.15) is 11.3 Å². The molecule has 9 heteroatoms. The molecule has 0 fully saturated rings. The average molecular weight is 450 g/mol. The van der Waals surface area contributed by atoms with E-state index in [2.05, 4.69) is 15.2 Å². The van der Waals surface area contributed by atoms with Gasteiger partial charge >= 0.3 is 0 Å². The van der Waals surface area contributed by atoms with E-state index in [0.29, 0.717) is 39.5 Å². The van der Waals surface area contributed by atoms with Crippen LogP contribution >= 0.6 is 23.1 Å². The fraction of sp³-hybridized carbons (Fsp3) is 0.0909. The molecule has 3 heterocycles. The number of hydrogen-bond acceptors (Lipinski definition) is 6. The first-order valence-corrected chi connectivity index (χ1v) is 11.4. The molecule has 0 unspecified atom stereocenters. The Hall–Kier alpha value is -3.30. The minimum absolute atomic E-state index is 0.111. The Bertz CT molecular complexity index is 1410. The van der Waals surface area contributed by atoms with Gasteiger partial charge in [-0.1, -0.05) is 54.2 Å². The maximum absolute atomic E-state index is 14.5. The van der Waals surface area contributed by atoms with E-state index >= 15 is 0 Å². The molecular formula is C22H16FN5OS2. The molecular weight excluding hydrogens is 433 g/mol. The van der Waals surface area contributed by atoms with E-state index in [1.807, 2.05) is 40.3 Å². The molecule has 3 aromatic heterocycles. The number of fused-ring (bicyclic) bond motifs is 1. The zero-order valence-electron chi connectivity index (χ0n) is 16.2. The molecule has 0 spiro atoms. The zero-order chi connectivity index (χ0) is 21.2. The predicted molar refractivity (Wildman–Crippen MR) is 120 cm³/mol. The zero-order valence-corrected chi connectivity index (χ0v) is 17.8. The smallest absolute Gasteiger partial charge is 0.258 e. The first kappa shape index (κ1) is 19.7. The molecule has 0 radical (unpaired) electrons. The van der Waals surface area contributed by atoms with Crippen LogP contribution in [0.5, 0.6) is 0 Å². The number of rotatable bonds is 6. The van der Waals surface area contributed by atoms with Gasteiger partial charge in [-0.15, -0.1) is 21.5 Å². The summed E-state index contributed by atoms with van der Waals surface area (Å²) in [5, 5.41) is 11.1. The second-order valence-corrected chi connectivity index (χ2v) is 8.60. The van der Waals surface area contributed by atoms with Crippen LogP contribution in [0.4, 0.5) is 4.39 Å².